The number of alkyl halides is 2. The van der Waals surface area contributed by atoms with Crippen molar-refractivity contribution in [1.29, 1.82) is 0 Å². The van der Waals surface area contributed by atoms with Crippen molar-refractivity contribution < 1.29 is 9.18 Å². The summed E-state index contributed by atoms with van der Waals surface area (Å²) < 4.78 is 12.9. The molecule has 0 spiro atoms. The van der Waals surface area contributed by atoms with Crippen LogP contribution in [0.4, 0.5) is 4.39 Å². The lowest BCUT2D eigenvalue weighted by molar-refractivity contribution is 0.0997. The van der Waals surface area contributed by atoms with Gasteiger partial charge in [-0.25, -0.2) is 4.39 Å². The molecule has 0 heterocycles. The van der Waals surface area contributed by atoms with Crippen molar-refractivity contribution in [2.75, 3.05) is 5.33 Å². The van der Waals surface area contributed by atoms with Crippen LogP contribution < -0.4 is 0 Å². The number of ketones is 1. The van der Waals surface area contributed by atoms with Gasteiger partial charge in [-0.15, -0.1) is 0 Å². The minimum Gasteiger partial charge on any atom is -0.293 e. The summed E-state index contributed by atoms with van der Waals surface area (Å²) in [5.74, 6) is -0.323. The number of Topliss-reactive ketones (excluding diaryl/α,β-unsaturated/α-hetero) is 1. The van der Waals surface area contributed by atoms with E-state index in [1.54, 1.807) is 13.0 Å². The summed E-state index contributed by atoms with van der Waals surface area (Å²) >= 11 is 6.44. The number of halogens is 3. The zero-order valence-electron chi connectivity index (χ0n) is 7.56. The first-order valence-corrected chi connectivity index (χ1v) is 6.10. The molecule has 0 aromatic heterocycles. The predicted molar refractivity (Wildman–Crippen MR) is 62.0 cm³/mol. The van der Waals surface area contributed by atoms with Gasteiger partial charge in [0.1, 0.15) is 5.82 Å². The molecule has 0 saturated carbocycles. The first-order valence-electron chi connectivity index (χ1n) is 4.06. The van der Waals surface area contributed by atoms with Crippen LogP contribution in [-0.2, 0) is 0 Å². The lowest BCUT2D eigenvalue weighted by atomic mass is 10.1. The lowest BCUT2D eigenvalue weighted by Gasteiger charge is -2.06. The monoisotopic (exact) mass is 322 g/mol. The van der Waals surface area contributed by atoms with E-state index in [0.29, 0.717) is 16.5 Å². The number of benzene rings is 1. The molecule has 1 nitrogen and oxygen atoms in total. The molecule has 0 N–H and O–H groups in total. The first kappa shape index (κ1) is 11.9. The van der Waals surface area contributed by atoms with Crippen molar-refractivity contribution in [2.24, 2.45) is 0 Å². The fourth-order valence-corrected chi connectivity index (χ4v) is 1.61. The largest absolute Gasteiger partial charge is 0.293 e. The van der Waals surface area contributed by atoms with E-state index in [-0.39, 0.29) is 16.4 Å². The van der Waals surface area contributed by atoms with Gasteiger partial charge in [-0.3, -0.25) is 4.79 Å². The van der Waals surface area contributed by atoms with E-state index in [1.807, 2.05) is 0 Å². The zero-order chi connectivity index (χ0) is 10.7. The molecule has 0 radical (unpaired) electrons. The van der Waals surface area contributed by atoms with Crippen LogP contribution in [0.3, 0.4) is 0 Å². The van der Waals surface area contributed by atoms with Gasteiger partial charge in [0.2, 0.25) is 0 Å². The van der Waals surface area contributed by atoms with Crippen molar-refractivity contribution in [2.45, 2.75) is 11.8 Å². The van der Waals surface area contributed by atoms with Crippen molar-refractivity contribution in [3.05, 3.63) is 35.1 Å². The van der Waals surface area contributed by atoms with E-state index in [0.717, 1.165) is 0 Å². The topological polar surface area (TPSA) is 17.1 Å². The number of hydrogen-bond donors (Lipinski definition) is 0. The predicted octanol–water partition coefficient (Wildman–Crippen LogP) is 3.48. The summed E-state index contributed by atoms with van der Waals surface area (Å²) in [5.41, 5.74) is 1.02. The van der Waals surface area contributed by atoms with Crippen molar-refractivity contribution in [1.82, 2.24) is 0 Å². The molecule has 1 rings (SSSR count). The summed E-state index contributed by atoms with van der Waals surface area (Å²) in [6, 6.07) is 4.38. The SMILES string of the molecule is Cc1cc(C(=O)C(Br)CBr)ccc1F. The van der Waals surface area contributed by atoms with Gasteiger partial charge in [-0.1, -0.05) is 31.9 Å². The maximum absolute atomic E-state index is 12.9. The van der Waals surface area contributed by atoms with Gasteiger partial charge in [0.25, 0.3) is 0 Å². The quantitative estimate of drug-likeness (QED) is 0.615. The Hall–Kier alpha value is -0.220. The fourth-order valence-electron chi connectivity index (χ4n) is 1.05. The Kier molecular flexibility index (Phi) is 4.26. The Morgan fingerprint density at radius 2 is 2.21 bits per heavy atom. The molecule has 0 aliphatic rings. The summed E-state index contributed by atoms with van der Waals surface area (Å²) in [7, 11) is 0. The standard InChI is InChI=1S/C10H9Br2FO/c1-6-4-7(2-3-9(6)13)10(14)8(12)5-11/h2-4,8H,5H2,1H3. The molecule has 0 aliphatic heterocycles. The second-order valence-corrected chi connectivity index (χ2v) is 4.70. The number of carbonyl (C=O) groups excluding carboxylic acids is 1. The van der Waals surface area contributed by atoms with E-state index in [9.17, 15) is 9.18 Å². The Balaban J connectivity index is 2.97. The number of hydrogen-bond acceptors (Lipinski definition) is 1. The normalized spacial score (nSPS) is 12.6. The van der Waals surface area contributed by atoms with Crippen LogP contribution in [0.5, 0.6) is 0 Å². The highest BCUT2D eigenvalue weighted by Gasteiger charge is 2.15. The van der Waals surface area contributed by atoms with Gasteiger partial charge in [0, 0.05) is 10.9 Å². The molecule has 1 unspecified atom stereocenters. The van der Waals surface area contributed by atoms with Crippen LogP contribution in [0.15, 0.2) is 18.2 Å². The van der Waals surface area contributed by atoms with Crippen LogP contribution in [-0.4, -0.2) is 15.9 Å². The molecular formula is C10H9Br2FO. The van der Waals surface area contributed by atoms with Gasteiger partial charge in [-0.2, -0.15) is 0 Å². The van der Waals surface area contributed by atoms with Gasteiger partial charge >= 0.3 is 0 Å². The summed E-state index contributed by atoms with van der Waals surface area (Å²) in [5, 5.41) is 0.544. The average molecular weight is 324 g/mol. The Labute approximate surface area is 99.0 Å². The number of carbonyl (C=O) groups is 1. The second-order valence-electron chi connectivity index (χ2n) is 2.95. The highest BCUT2D eigenvalue weighted by Crippen LogP contribution is 2.15. The van der Waals surface area contributed by atoms with Gasteiger partial charge < -0.3 is 0 Å². The third-order valence-corrected chi connectivity index (χ3v) is 4.12. The Morgan fingerprint density at radius 3 is 2.71 bits per heavy atom. The minimum atomic E-state index is -0.286. The van der Waals surface area contributed by atoms with E-state index in [4.69, 9.17) is 0 Å². The van der Waals surface area contributed by atoms with Crippen LogP contribution in [0.1, 0.15) is 15.9 Å². The molecule has 14 heavy (non-hydrogen) atoms. The molecule has 76 valence electrons. The molecule has 0 bridgehead atoms. The third kappa shape index (κ3) is 2.64. The Bertz CT molecular complexity index is 352. The Morgan fingerprint density at radius 1 is 1.57 bits per heavy atom. The van der Waals surface area contributed by atoms with Gasteiger partial charge in [-0.05, 0) is 30.7 Å². The molecule has 1 aromatic carbocycles. The van der Waals surface area contributed by atoms with E-state index < -0.39 is 0 Å². The van der Waals surface area contributed by atoms with Gasteiger partial charge in [0.05, 0.1) is 4.83 Å². The lowest BCUT2D eigenvalue weighted by Crippen LogP contribution is -2.15. The van der Waals surface area contributed by atoms with Crippen molar-refractivity contribution >= 4 is 37.6 Å². The van der Waals surface area contributed by atoms with Crippen molar-refractivity contribution in [3.63, 3.8) is 0 Å². The minimum absolute atomic E-state index is 0.0371. The van der Waals surface area contributed by atoms with E-state index in [1.165, 1.54) is 12.1 Å². The molecule has 1 atom stereocenters. The van der Waals surface area contributed by atoms with E-state index in [2.05, 4.69) is 31.9 Å². The van der Waals surface area contributed by atoms with Crippen molar-refractivity contribution in [3.8, 4) is 0 Å². The van der Waals surface area contributed by atoms with Crippen LogP contribution in [0.2, 0.25) is 0 Å². The average Bonchev–Trinajstić information content (AvgIpc) is 2.20. The third-order valence-electron chi connectivity index (χ3n) is 1.86. The summed E-state index contributed by atoms with van der Waals surface area (Å²) in [6.07, 6.45) is 0. The highest BCUT2D eigenvalue weighted by molar-refractivity contribution is 9.12. The first-order chi connectivity index (χ1) is 6.56. The van der Waals surface area contributed by atoms with Crippen LogP contribution in [0.25, 0.3) is 0 Å². The maximum atomic E-state index is 12.9. The zero-order valence-corrected chi connectivity index (χ0v) is 10.7. The van der Waals surface area contributed by atoms with Crippen LogP contribution in [0, 0.1) is 12.7 Å². The molecule has 1 aromatic rings. The molecule has 0 fully saturated rings. The van der Waals surface area contributed by atoms with E-state index >= 15 is 0 Å². The number of rotatable bonds is 3. The van der Waals surface area contributed by atoms with Crippen LogP contribution >= 0.6 is 31.9 Å². The highest BCUT2D eigenvalue weighted by atomic mass is 79.9. The molecule has 0 aliphatic carbocycles. The molecule has 0 saturated heterocycles. The number of aryl methyl sites for hydroxylation is 1. The fraction of sp³-hybridized carbons (Fsp3) is 0.300. The molecular weight excluding hydrogens is 315 g/mol. The second kappa shape index (κ2) is 5.03. The molecule has 0 amide bonds. The summed E-state index contributed by atoms with van der Waals surface area (Å²) in [4.78, 5) is 11.4. The summed E-state index contributed by atoms with van der Waals surface area (Å²) in [6.45, 7) is 1.64. The van der Waals surface area contributed by atoms with Gasteiger partial charge in [0.15, 0.2) is 5.78 Å². The maximum Gasteiger partial charge on any atom is 0.177 e. The molecule has 4 heteroatoms. The smallest absolute Gasteiger partial charge is 0.177 e.